The van der Waals surface area contributed by atoms with Gasteiger partial charge in [0.2, 0.25) is 0 Å². The van der Waals surface area contributed by atoms with E-state index in [1.807, 2.05) is 0 Å². The lowest BCUT2D eigenvalue weighted by Gasteiger charge is -2.11. The SMILES string of the molecule is CC(N)c1ccc(OCCCC(F)(F)F)c(F)c1. The number of rotatable bonds is 5. The number of ether oxygens (including phenoxy) is 1. The summed E-state index contributed by atoms with van der Waals surface area (Å²) in [6.45, 7) is 1.53. The summed E-state index contributed by atoms with van der Waals surface area (Å²) in [4.78, 5) is 0. The first-order valence-electron chi connectivity index (χ1n) is 5.54. The van der Waals surface area contributed by atoms with Gasteiger partial charge in [0.1, 0.15) is 0 Å². The Morgan fingerprint density at radius 3 is 2.50 bits per heavy atom. The van der Waals surface area contributed by atoms with Gasteiger partial charge in [-0.3, -0.25) is 0 Å². The Morgan fingerprint density at radius 1 is 1.33 bits per heavy atom. The van der Waals surface area contributed by atoms with E-state index in [1.54, 1.807) is 13.0 Å². The molecule has 1 rings (SSSR count). The second-order valence-electron chi connectivity index (χ2n) is 4.05. The van der Waals surface area contributed by atoms with Crippen LogP contribution in [0, 0.1) is 5.82 Å². The van der Waals surface area contributed by atoms with Crippen LogP contribution in [0.4, 0.5) is 17.6 Å². The average Bonchev–Trinajstić information content (AvgIpc) is 2.24. The quantitative estimate of drug-likeness (QED) is 0.652. The largest absolute Gasteiger partial charge is 0.491 e. The number of alkyl halides is 3. The third-order valence-electron chi connectivity index (χ3n) is 2.34. The van der Waals surface area contributed by atoms with Crippen LogP contribution in [0.2, 0.25) is 0 Å². The van der Waals surface area contributed by atoms with Gasteiger partial charge in [-0.15, -0.1) is 0 Å². The molecule has 0 aliphatic rings. The van der Waals surface area contributed by atoms with Crippen LogP contribution in [-0.2, 0) is 0 Å². The van der Waals surface area contributed by atoms with Crippen molar-refractivity contribution in [2.75, 3.05) is 6.61 Å². The standard InChI is InChI=1S/C12H15F4NO/c1-8(17)9-3-4-11(10(13)7-9)18-6-2-5-12(14,15)16/h3-4,7-8H,2,5-6,17H2,1H3. The topological polar surface area (TPSA) is 35.2 Å². The van der Waals surface area contributed by atoms with Gasteiger partial charge in [-0.05, 0) is 31.0 Å². The maximum atomic E-state index is 13.5. The smallest absolute Gasteiger partial charge is 0.389 e. The minimum absolute atomic E-state index is 0.0541. The van der Waals surface area contributed by atoms with E-state index in [-0.39, 0.29) is 24.8 Å². The average molecular weight is 265 g/mol. The monoisotopic (exact) mass is 265 g/mol. The minimum Gasteiger partial charge on any atom is -0.491 e. The lowest BCUT2D eigenvalue weighted by atomic mass is 10.1. The summed E-state index contributed by atoms with van der Waals surface area (Å²) in [7, 11) is 0. The lowest BCUT2D eigenvalue weighted by Crippen LogP contribution is -2.10. The molecule has 0 saturated heterocycles. The van der Waals surface area contributed by atoms with Crippen LogP contribution in [-0.4, -0.2) is 12.8 Å². The van der Waals surface area contributed by atoms with Gasteiger partial charge in [-0.2, -0.15) is 13.2 Å². The number of halogens is 4. The Hall–Kier alpha value is -1.30. The first kappa shape index (κ1) is 14.8. The Morgan fingerprint density at radius 2 is 2.00 bits per heavy atom. The fourth-order valence-electron chi connectivity index (χ4n) is 1.37. The van der Waals surface area contributed by atoms with Gasteiger partial charge in [0.05, 0.1) is 6.61 Å². The van der Waals surface area contributed by atoms with Crippen LogP contribution in [0.5, 0.6) is 5.75 Å². The van der Waals surface area contributed by atoms with Crippen molar-refractivity contribution in [1.82, 2.24) is 0 Å². The third-order valence-corrected chi connectivity index (χ3v) is 2.34. The predicted octanol–water partition coefficient (Wildman–Crippen LogP) is 3.57. The molecular formula is C12H15F4NO. The Balaban J connectivity index is 2.48. The zero-order chi connectivity index (χ0) is 13.8. The summed E-state index contributed by atoms with van der Waals surface area (Å²) in [6.07, 6.45) is -5.34. The van der Waals surface area contributed by atoms with Gasteiger partial charge in [0.15, 0.2) is 11.6 Å². The molecule has 1 aromatic carbocycles. The van der Waals surface area contributed by atoms with E-state index in [0.717, 1.165) is 0 Å². The fraction of sp³-hybridized carbons (Fsp3) is 0.500. The molecule has 0 aliphatic carbocycles. The maximum Gasteiger partial charge on any atom is 0.389 e. The van der Waals surface area contributed by atoms with E-state index in [1.165, 1.54) is 12.1 Å². The zero-order valence-corrected chi connectivity index (χ0v) is 9.93. The van der Waals surface area contributed by atoms with E-state index >= 15 is 0 Å². The molecular weight excluding hydrogens is 250 g/mol. The number of hydrogen-bond acceptors (Lipinski definition) is 2. The molecule has 0 saturated carbocycles. The highest BCUT2D eigenvalue weighted by Gasteiger charge is 2.26. The van der Waals surface area contributed by atoms with Crippen molar-refractivity contribution in [2.45, 2.75) is 32.0 Å². The van der Waals surface area contributed by atoms with E-state index in [4.69, 9.17) is 10.5 Å². The van der Waals surface area contributed by atoms with Gasteiger partial charge in [-0.25, -0.2) is 4.39 Å². The summed E-state index contributed by atoms with van der Waals surface area (Å²) >= 11 is 0. The molecule has 0 aromatic heterocycles. The Labute approximate surface area is 103 Å². The molecule has 0 fully saturated rings. The number of hydrogen-bond donors (Lipinski definition) is 1. The first-order valence-corrected chi connectivity index (χ1v) is 5.54. The van der Waals surface area contributed by atoms with Crippen molar-refractivity contribution in [2.24, 2.45) is 5.73 Å². The van der Waals surface area contributed by atoms with Crippen molar-refractivity contribution in [3.8, 4) is 5.75 Å². The van der Waals surface area contributed by atoms with E-state index in [2.05, 4.69) is 0 Å². The molecule has 0 bridgehead atoms. The highest BCUT2D eigenvalue weighted by atomic mass is 19.4. The summed E-state index contributed by atoms with van der Waals surface area (Å²) in [5.41, 5.74) is 6.18. The van der Waals surface area contributed by atoms with Crippen LogP contribution in [0.15, 0.2) is 18.2 Å². The summed E-state index contributed by atoms with van der Waals surface area (Å²) in [6, 6.07) is 3.89. The number of nitrogens with two attached hydrogens (primary N) is 1. The van der Waals surface area contributed by atoms with Crippen LogP contribution in [0.1, 0.15) is 31.4 Å². The molecule has 0 amide bonds. The molecule has 1 aromatic rings. The van der Waals surface area contributed by atoms with Crippen molar-refractivity contribution in [3.63, 3.8) is 0 Å². The van der Waals surface area contributed by atoms with Crippen molar-refractivity contribution in [1.29, 1.82) is 0 Å². The van der Waals surface area contributed by atoms with E-state index in [9.17, 15) is 17.6 Å². The van der Waals surface area contributed by atoms with Crippen molar-refractivity contribution < 1.29 is 22.3 Å². The number of benzene rings is 1. The van der Waals surface area contributed by atoms with Crippen LogP contribution < -0.4 is 10.5 Å². The summed E-state index contributed by atoms with van der Waals surface area (Å²) in [5.74, 6) is -0.668. The van der Waals surface area contributed by atoms with Gasteiger partial charge < -0.3 is 10.5 Å². The zero-order valence-electron chi connectivity index (χ0n) is 9.93. The molecule has 1 atom stereocenters. The Bertz CT molecular complexity index is 390. The molecule has 1 unspecified atom stereocenters. The van der Waals surface area contributed by atoms with Gasteiger partial charge in [0.25, 0.3) is 0 Å². The molecule has 18 heavy (non-hydrogen) atoms. The first-order chi connectivity index (χ1) is 8.29. The minimum atomic E-state index is -4.21. The van der Waals surface area contributed by atoms with Crippen LogP contribution >= 0.6 is 0 Å². The van der Waals surface area contributed by atoms with Gasteiger partial charge in [0, 0.05) is 12.5 Å². The molecule has 0 radical (unpaired) electrons. The normalized spacial score (nSPS) is 13.4. The molecule has 0 heterocycles. The van der Waals surface area contributed by atoms with E-state index < -0.39 is 18.4 Å². The molecule has 6 heteroatoms. The predicted molar refractivity (Wildman–Crippen MR) is 59.8 cm³/mol. The fourth-order valence-corrected chi connectivity index (χ4v) is 1.37. The molecule has 2 N–H and O–H groups in total. The molecule has 0 spiro atoms. The third kappa shape index (κ3) is 4.91. The molecule has 0 aliphatic heterocycles. The van der Waals surface area contributed by atoms with Crippen LogP contribution in [0.25, 0.3) is 0 Å². The Kier molecular flexibility index (Phi) is 4.95. The summed E-state index contributed by atoms with van der Waals surface area (Å²) < 4.78 is 54.0. The summed E-state index contributed by atoms with van der Waals surface area (Å²) in [5, 5.41) is 0. The van der Waals surface area contributed by atoms with Gasteiger partial charge >= 0.3 is 6.18 Å². The van der Waals surface area contributed by atoms with Crippen molar-refractivity contribution >= 4 is 0 Å². The second-order valence-corrected chi connectivity index (χ2v) is 4.05. The van der Waals surface area contributed by atoms with Gasteiger partial charge in [-0.1, -0.05) is 6.07 Å². The van der Waals surface area contributed by atoms with E-state index in [0.29, 0.717) is 5.56 Å². The second kappa shape index (κ2) is 6.04. The van der Waals surface area contributed by atoms with Crippen LogP contribution in [0.3, 0.4) is 0 Å². The highest BCUT2D eigenvalue weighted by molar-refractivity contribution is 5.30. The molecule has 102 valence electrons. The highest BCUT2D eigenvalue weighted by Crippen LogP contribution is 2.23. The lowest BCUT2D eigenvalue weighted by molar-refractivity contribution is -0.136. The molecule has 2 nitrogen and oxygen atoms in total. The van der Waals surface area contributed by atoms with Crippen molar-refractivity contribution in [3.05, 3.63) is 29.6 Å². The maximum absolute atomic E-state index is 13.5.